The van der Waals surface area contributed by atoms with Gasteiger partial charge in [0.1, 0.15) is 18.0 Å². The van der Waals surface area contributed by atoms with Crippen molar-refractivity contribution in [1.29, 1.82) is 0 Å². The molecule has 2 rings (SSSR count). The molecule has 0 bridgehead atoms. The van der Waals surface area contributed by atoms with Crippen LogP contribution in [0.4, 0.5) is 11.6 Å². The highest BCUT2D eigenvalue weighted by molar-refractivity contribution is 5.75. The molecule has 1 saturated heterocycles. The van der Waals surface area contributed by atoms with E-state index >= 15 is 0 Å². The third-order valence-electron chi connectivity index (χ3n) is 4.49. The van der Waals surface area contributed by atoms with Gasteiger partial charge in [0.25, 0.3) is 0 Å². The number of aromatic nitrogens is 2. The van der Waals surface area contributed by atoms with Gasteiger partial charge in [-0.25, -0.2) is 9.97 Å². The molecule has 1 aliphatic rings. The van der Waals surface area contributed by atoms with Crippen LogP contribution < -0.4 is 15.5 Å². The summed E-state index contributed by atoms with van der Waals surface area (Å²) in [4.78, 5) is 22.9. The quantitative estimate of drug-likeness (QED) is 0.680. The average Bonchev–Trinajstić information content (AvgIpc) is 2.61. The highest BCUT2D eigenvalue weighted by Crippen LogP contribution is 2.25. The van der Waals surface area contributed by atoms with E-state index in [1.165, 1.54) is 6.42 Å². The number of amides is 1. The number of piperidine rings is 1. The predicted octanol–water partition coefficient (Wildman–Crippen LogP) is 2.82. The van der Waals surface area contributed by atoms with E-state index in [4.69, 9.17) is 0 Å². The fourth-order valence-electron chi connectivity index (χ4n) is 3.13. The minimum absolute atomic E-state index is 0.192. The van der Waals surface area contributed by atoms with Crippen molar-refractivity contribution in [1.82, 2.24) is 15.3 Å². The van der Waals surface area contributed by atoms with Gasteiger partial charge < -0.3 is 15.5 Å². The van der Waals surface area contributed by atoms with Gasteiger partial charge >= 0.3 is 0 Å². The van der Waals surface area contributed by atoms with Gasteiger partial charge in [0.2, 0.25) is 5.91 Å². The van der Waals surface area contributed by atoms with Gasteiger partial charge in [-0.2, -0.15) is 0 Å². The maximum atomic E-state index is 11.9. The van der Waals surface area contributed by atoms with Crippen molar-refractivity contribution in [3.8, 4) is 0 Å². The molecule has 0 aromatic carbocycles. The SMILES string of the molecule is CCCCNC(=O)CC[C@@H]1CCCN(c2cc(NCC)ncn2)C1. The normalized spacial score (nSPS) is 17.6. The largest absolute Gasteiger partial charge is 0.370 e. The van der Waals surface area contributed by atoms with Crippen LogP contribution in [0.15, 0.2) is 12.4 Å². The molecule has 24 heavy (non-hydrogen) atoms. The minimum atomic E-state index is 0.192. The van der Waals surface area contributed by atoms with Crippen molar-refractivity contribution in [2.75, 3.05) is 36.4 Å². The highest BCUT2D eigenvalue weighted by atomic mass is 16.1. The molecule has 2 heterocycles. The molecule has 6 nitrogen and oxygen atoms in total. The first-order chi connectivity index (χ1) is 11.7. The second-order valence-electron chi connectivity index (χ2n) is 6.49. The molecule has 0 saturated carbocycles. The van der Waals surface area contributed by atoms with E-state index in [0.29, 0.717) is 12.3 Å². The maximum Gasteiger partial charge on any atom is 0.220 e. The van der Waals surface area contributed by atoms with Crippen molar-refractivity contribution in [2.45, 2.75) is 52.4 Å². The van der Waals surface area contributed by atoms with Gasteiger partial charge in [0, 0.05) is 38.7 Å². The van der Waals surface area contributed by atoms with E-state index < -0.39 is 0 Å². The zero-order valence-electron chi connectivity index (χ0n) is 15.1. The average molecular weight is 333 g/mol. The van der Waals surface area contributed by atoms with Crippen molar-refractivity contribution < 1.29 is 4.79 Å². The fraction of sp³-hybridized carbons (Fsp3) is 0.722. The third-order valence-corrected chi connectivity index (χ3v) is 4.49. The first-order valence-electron chi connectivity index (χ1n) is 9.30. The minimum Gasteiger partial charge on any atom is -0.370 e. The summed E-state index contributed by atoms with van der Waals surface area (Å²) in [5.74, 6) is 2.61. The zero-order chi connectivity index (χ0) is 17.2. The first kappa shape index (κ1) is 18.5. The Morgan fingerprint density at radius 1 is 1.38 bits per heavy atom. The van der Waals surface area contributed by atoms with Gasteiger partial charge in [0.15, 0.2) is 0 Å². The Hall–Kier alpha value is -1.85. The number of unbranched alkanes of at least 4 members (excludes halogenated alkanes) is 1. The molecule has 1 aromatic heterocycles. The number of carbonyl (C=O) groups excluding carboxylic acids is 1. The van der Waals surface area contributed by atoms with Crippen molar-refractivity contribution in [2.24, 2.45) is 5.92 Å². The standard InChI is InChI=1S/C18H31N5O/c1-3-5-10-20-18(24)9-8-15-7-6-11-23(13-15)17-12-16(19-4-2)21-14-22-17/h12,14-15H,3-11,13H2,1-2H3,(H,20,24)(H,19,21,22)/t15-/m0/s1. The molecule has 6 heteroatoms. The lowest BCUT2D eigenvalue weighted by atomic mass is 9.93. The van der Waals surface area contributed by atoms with Gasteiger partial charge in [-0.1, -0.05) is 13.3 Å². The fourth-order valence-corrected chi connectivity index (χ4v) is 3.13. The molecule has 2 N–H and O–H groups in total. The van der Waals surface area contributed by atoms with Crippen LogP contribution in [0.5, 0.6) is 0 Å². The lowest BCUT2D eigenvalue weighted by Gasteiger charge is -2.33. The molecule has 0 unspecified atom stereocenters. The number of carbonyl (C=O) groups is 1. The van der Waals surface area contributed by atoms with Crippen molar-refractivity contribution >= 4 is 17.5 Å². The number of nitrogens with zero attached hydrogens (tertiary/aromatic N) is 3. The molecule has 134 valence electrons. The van der Waals surface area contributed by atoms with E-state index in [-0.39, 0.29) is 5.91 Å². The molecule has 1 fully saturated rings. The van der Waals surface area contributed by atoms with Crippen LogP contribution in [0.25, 0.3) is 0 Å². The lowest BCUT2D eigenvalue weighted by molar-refractivity contribution is -0.121. The molecule has 0 spiro atoms. The van der Waals surface area contributed by atoms with Gasteiger partial charge in [-0.3, -0.25) is 4.79 Å². The van der Waals surface area contributed by atoms with Crippen LogP contribution in [-0.4, -0.2) is 42.1 Å². The monoisotopic (exact) mass is 333 g/mol. The Morgan fingerprint density at radius 2 is 2.25 bits per heavy atom. The molecule has 1 atom stereocenters. The van der Waals surface area contributed by atoms with E-state index in [1.54, 1.807) is 6.33 Å². The number of nitrogens with one attached hydrogen (secondary N) is 2. The molecule has 0 aliphatic carbocycles. The Balaban J connectivity index is 1.81. The second-order valence-corrected chi connectivity index (χ2v) is 6.49. The Kier molecular flexibility index (Phi) is 7.79. The molecular weight excluding hydrogens is 302 g/mol. The van der Waals surface area contributed by atoms with Gasteiger partial charge in [-0.15, -0.1) is 0 Å². The van der Waals surface area contributed by atoms with Crippen LogP contribution in [0.1, 0.15) is 52.4 Å². The predicted molar refractivity (Wildman–Crippen MR) is 98.3 cm³/mol. The molecule has 1 aromatic rings. The van der Waals surface area contributed by atoms with Crippen LogP contribution in [0.3, 0.4) is 0 Å². The Morgan fingerprint density at radius 3 is 3.04 bits per heavy atom. The Labute approximate surface area is 145 Å². The maximum absolute atomic E-state index is 11.9. The van der Waals surface area contributed by atoms with Gasteiger partial charge in [-0.05, 0) is 38.5 Å². The zero-order valence-corrected chi connectivity index (χ0v) is 15.1. The van der Waals surface area contributed by atoms with E-state index in [9.17, 15) is 4.79 Å². The van der Waals surface area contributed by atoms with Crippen molar-refractivity contribution in [3.63, 3.8) is 0 Å². The van der Waals surface area contributed by atoms with Crippen LogP contribution in [-0.2, 0) is 4.79 Å². The second kappa shape index (κ2) is 10.1. The summed E-state index contributed by atoms with van der Waals surface area (Å²) in [6.07, 6.45) is 7.75. The summed E-state index contributed by atoms with van der Waals surface area (Å²) >= 11 is 0. The van der Waals surface area contributed by atoms with Crippen molar-refractivity contribution in [3.05, 3.63) is 12.4 Å². The summed E-state index contributed by atoms with van der Waals surface area (Å²) in [5, 5.41) is 6.24. The molecule has 1 aliphatic heterocycles. The highest BCUT2D eigenvalue weighted by Gasteiger charge is 2.21. The van der Waals surface area contributed by atoms with Crippen LogP contribution in [0, 0.1) is 5.92 Å². The third kappa shape index (κ3) is 5.98. The van der Waals surface area contributed by atoms with Crippen LogP contribution >= 0.6 is 0 Å². The number of hydrogen-bond acceptors (Lipinski definition) is 5. The number of anilines is 2. The summed E-state index contributed by atoms with van der Waals surface area (Å²) in [7, 11) is 0. The topological polar surface area (TPSA) is 70.2 Å². The summed E-state index contributed by atoms with van der Waals surface area (Å²) in [5.41, 5.74) is 0. The molecule has 0 radical (unpaired) electrons. The molecule has 1 amide bonds. The Bertz CT molecular complexity index is 508. The van der Waals surface area contributed by atoms with E-state index in [0.717, 1.165) is 63.5 Å². The smallest absolute Gasteiger partial charge is 0.220 e. The van der Waals surface area contributed by atoms with E-state index in [1.807, 2.05) is 6.07 Å². The number of hydrogen-bond donors (Lipinski definition) is 2. The van der Waals surface area contributed by atoms with Crippen LogP contribution in [0.2, 0.25) is 0 Å². The summed E-state index contributed by atoms with van der Waals surface area (Å²) in [6, 6.07) is 2.02. The number of rotatable bonds is 9. The van der Waals surface area contributed by atoms with Gasteiger partial charge in [0.05, 0.1) is 0 Å². The lowest BCUT2D eigenvalue weighted by Crippen LogP contribution is -2.36. The first-order valence-corrected chi connectivity index (χ1v) is 9.30. The van der Waals surface area contributed by atoms with E-state index in [2.05, 4.69) is 39.3 Å². The molecular formula is C18H31N5O. The summed E-state index contributed by atoms with van der Waals surface area (Å²) in [6.45, 7) is 7.86. The summed E-state index contributed by atoms with van der Waals surface area (Å²) < 4.78 is 0.